The number of hydrogen-bond donors (Lipinski definition) is 1. The van der Waals surface area contributed by atoms with Gasteiger partial charge in [0.2, 0.25) is 0 Å². The first kappa shape index (κ1) is 12.6. The molecule has 2 atom stereocenters. The summed E-state index contributed by atoms with van der Waals surface area (Å²) in [4.78, 5) is 0. The first-order chi connectivity index (χ1) is 8.13. The monoisotopic (exact) mass is 234 g/mol. The zero-order valence-electron chi connectivity index (χ0n) is 10.8. The lowest BCUT2D eigenvalue weighted by atomic mass is 9.83. The highest BCUT2D eigenvalue weighted by Crippen LogP contribution is 2.30. The van der Waals surface area contributed by atoms with Crippen LogP contribution in [0.2, 0.25) is 0 Å². The van der Waals surface area contributed by atoms with E-state index in [2.05, 4.69) is 26.0 Å². The Morgan fingerprint density at radius 2 is 2.18 bits per heavy atom. The molecule has 1 aromatic rings. The lowest BCUT2D eigenvalue weighted by molar-refractivity contribution is -0.103. The van der Waals surface area contributed by atoms with E-state index < -0.39 is 5.60 Å². The molecule has 0 bridgehead atoms. The Balaban J connectivity index is 2.09. The van der Waals surface area contributed by atoms with Crippen LogP contribution in [0.25, 0.3) is 0 Å². The summed E-state index contributed by atoms with van der Waals surface area (Å²) in [5.74, 6) is 0. The molecule has 1 N–H and O–H groups in total. The zero-order valence-corrected chi connectivity index (χ0v) is 10.8. The van der Waals surface area contributed by atoms with Gasteiger partial charge in [-0.15, -0.1) is 0 Å². The molecule has 1 aliphatic rings. The van der Waals surface area contributed by atoms with Crippen molar-refractivity contribution >= 4 is 0 Å². The van der Waals surface area contributed by atoms with Crippen LogP contribution in [0.15, 0.2) is 24.3 Å². The van der Waals surface area contributed by atoms with E-state index in [1.165, 1.54) is 11.1 Å². The number of aliphatic hydroxyl groups is 1. The topological polar surface area (TPSA) is 29.5 Å². The third-order valence-electron chi connectivity index (χ3n) is 3.76. The highest BCUT2D eigenvalue weighted by Gasteiger charge is 2.34. The maximum Gasteiger partial charge on any atom is 0.0734 e. The Morgan fingerprint density at radius 3 is 2.88 bits per heavy atom. The molecule has 0 amide bonds. The normalized spacial score (nSPS) is 29.2. The van der Waals surface area contributed by atoms with Crippen LogP contribution in [0.3, 0.4) is 0 Å². The SMILES string of the molecule is CCC1CC(O)(Cc2ccccc2C)CCO1. The maximum atomic E-state index is 10.7. The minimum absolute atomic E-state index is 0.220. The van der Waals surface area contributed by atoms with Crippen LogP contribution in [-0.4, -0.2) is 23.4 Å². The summed E-state index contributed by atoms with van der Waals surface area (Å²) in [6.45, 7) is 4.90. The quantitative estimate of drug-likeness (QED) is 0.871. The molecular formula is C15H22O2. The summed E-state index contributed by atoms with van der Waals surface area (Å²) in [5.41, 5.74) is 1.94. The summed E-state index contributed by atoms with van der Waals surface area (Å²) in [5, 5.41) is 10.7. The number of aryl methyl sites for hydroxylation is 1. The Labute approximate surface area is 104 Å². The molecule has 2 nitrogen and oxygen atoms in total. The molecule has 1 heterocycles. The van der Waals surface area contributed by atoms with E-state index in [-0.39, 0.29) is 6.10 Å². The standard InChI is InChI=1S/C15H22O2/c1-3-14-11-15(16,8-9-17-14)10-13-7-5-4-6-12(13)2/h4-7,14,16H,3,8-11H2,1-2H3. The Kier molecular flexibility index (Phi) is 3.85. The van der Waals surface area contributed by atoms with Crippen molar-refractivity contribution in [3.05, 3.63) is 35.4 Å². The lowest BCUT2D eigenvalue weighted by Gasteiger charge is -2.37. The van der Waals surface area contributed by atoms with E-state index in [4.69, 9.17) is 4.74 Å². The van der Waals surface area contributed by atoms with Crippen LogP contribution in [0.4, 0.5) is 0 Å². The Morgan fingerprint density at radius 1 is 1.41 bits per heavy atom. The van der Waals surface area contributed by atoms with Gasteiger partial charge in [-0.25, -0.2) is 0 Å². The number of rotatable bonds is 3. The highest BCUT2D eigenvalue weighted by atomic mass is 16.5. The average molecular weight is 234 g/mol. The largest absolute Gasteiger partial charge is 0.389 e. The van der Waals surface area contributed by atoms with Crippen molar-refractivity contribution in [1.29, 1.82) is 0 Å². The number of ether oxygens (including phenoxy) is 1. The van der Waals surface area contributed by atoms with Gasteiger partial charge in [-0.1, -0.05) is 31.2 Å². The van der Waals surface area contributed by atoms with E-state index in [9.17, 15) is 5.11 Å². The van der Waals surface area contributed by atoms with Gasteiger partial charge in [0, 0.05) is 19.4 Å². The van der Waals surface area contributed by atoms with Gasteiger partial charge in [-0.3, -0.25) is 0 Å². The molecular weight excluding hydrogens is 212 g/mol. The average Bonchev–Trinajstić information content (AvgIpc) is 2.32. The van der Waals surface area contributed by atoms with Gasteiger partial charge in [0.15, 0.2) is 0 Å². The molecule has 0 aromatic heterocycles. The fraction of sp³-hybridized carbons (Fsp3) is 0.600. The Bertz CT molecular complexity index is 375. The molecule has 1 saturated heterocycles. The van der Waals surface area contributed by atoms with E-state index in [1.807, 2.05) is 12.1 Å². The minimum atomic E-state index is -0.578. The molecule has 0 saturated carbocycles. The van der Waals surface area contributed by atoms with Gasteiger partial charge in [-0.05, 0) is 30.9 Å². The number of hydrogen-bond acceptors (Lipinski definition) is 2. The predicted molar refractivity (Wildman–Crippen MR) is 69.1 cm³/mol. The lowest BCUT2D eigenvalue weighted by Crippen LogP contribution is -2.42. The fourth-order valence-electron chi connectivity index (χ4n) is 2.59. The second-order valence-corrected chi connectivity index (χ2v) is 5.18. The Hall–Kier alpha value is -0.860. The summed E-state index contributed by atoms with van der Waals surface area (Å²) >= 11 is 0. The van der Waals surface area contributed by atoms with Gasteiger partial charge >= 0.3 is 0 Å². The second-order valence-electron chi connectivity index (χ2n) is 5.18. The van der Waals surface area contributed by atoms with E-state index in [0.717, 1.165) is 25.7 Å². The summed E-state index contributed by atoms with van der Waals surface area (Å²) in [6, 6.07) is 8.31. The molecule has 0 spiro atoms. The van der Waals surface area contributed by atoms with E-state index >= 15 is 0 Å². The molecule has 1 fully saturated rings. The molecule has 2 heteroatoms. The van der Waals surface area contributed by atoms with Crippen molar-refractivity contribution < 1.29 is 9.84 Å². The first-order valence-corrected chi connectivity index (χ1v) is 6.51. The molecule has 0 aliphatic carbocycles. The predicted octanol–water partition coefficient (Wildman–Crippen LogP) is 2.86. The van der Waals surface area contributed by atoms with Crippen molar-refractivity contribution in [2.45, 2.75) is 51.2 Å². The van der Waals surface area contributed by atoms with Crippen LogP contribution >= 0.6 is 0 Å². The van der Waals surface area contributed by atoms with E-state index in [1.54, 1.807) is 0 Å². The summed E-state index contributed by atoms with van der Waals surface area (Å²) < 4.78 is 5.63. The van der Waals surface area contributed by atoms with Crippen molar-refractivity contribution in [1.82, 2.24) is 0 Å². The van der Waals surface area contributed by atoms with Crippen molar-refractivity contribution in [2.75, 3.05) is 6.61 Å². The molecule has 94 valence electrons. The van der Waals surface area contributed by atoms with Crippen molar-refractivity contribution in [3.63, 3.8) is 0 Å². The van der Waals surface area contributed by atoms with Gasteiger partial charge in [0.1, 0.15) is 0 Å². The van der Waals surface area contributed by atoms with Crippen LogP contribution in [0.1, 0.15) is 37.3 Å². The van der Waals surface area contributed by atoms with Gasteiger partial charge < -0.3 is 9.84 Å². The molecule has 1 aliphatic heterocycles. The minimum Gasteiger partial charge on any atom is -0.389 e. The number of benzene rings is 1. The zero-order chi connectivity index (χ0) is 12.3. The molecule has 2 rings (SSSR count). The van der Waals surface area contributed by atoms with Gasteiger partial charge in [0.25, 0.3) is 0 Å². The summed E-state index contributed by atoms with van der Waals surface area (Å²) in [6.07, 6.45) is 3.46. The first-order valence-electron chi connectivity index (χ1n) is 6.51. The second kappa shape index (κ2) is 5.19. The van der Waals surface area contributed by atoms with Crippen LogP contribution < -0.4 is 0 Å². The van der Waals surface area contributed by atoms with E-state index in [0.29, 0.717) is 6.61 Å². The summed E-state index contributed by atoms with van der Waals surface area (Å²) in [7, 11) is 0. The van der Waals surface area contributed by atoms with Crippen LogP contribution in [0, 0.1) is 6.92 Å². The third kappa shape index (κ3) is 3.08. The fourth-order valence-corrected chi connectivity index (χ4v) is 2.59. The van der Waals surface area contributed by atoms with Crippen molar-refractivity contribution in [2.24, 2.45) is 0 Å². The van der Waals surface area contributed by atoms with Gasteiger partial charge in [-0.2, -0.15) is 0 Å². The third-order valence-corrected chi connectivity index (χ3v) is 3.76. The van der Waals surface area contributed by atoms with Crippen LogP contribution in [-0.2, 0) is 11.2 Å². The molecule has 17 heavy (non-hydrogen) atoms. The molecule has 1 aromatic carbocycles. The smallest absolute Gasteiger partial charge is 0.0734 e. The highest BCUT2D eigenvalue weighted by molar-refractivity contribution is 5.27. The maximum absolute atomic E-state index is 10.7. The van der Waals surface area contributed by atoms with Gasteiger partial charge in [0.05, 0.1) is 11.7 Å². The molecule has 0 radical (unpaired) electrons. The molecule has 2 unspecified atom stereocenters. The van der Waals surface area contributed by atoms with Crippen LogP contribution in [0.5, 0.6) is 0 Å². The van der Waals surface area contributed by atoms with Crippen molar-refractivity contribution in [3.8, 4) is 0 Å².